The molecule has 4 unspecified atom stereocenters. The highest BCUT2D eigenvalue weighted by Gasteiger charge is 2.65. The second kappa shape index (κ2) is 4.67. The van der Waals surface area contributed by atoms with E-state index in [2.05, 4.69) is 24.3 Å². The average Bonchev–Trinajstić information content (AvgIpc) is 2.84. The lowest BCUT2D eigenvalue weighted by molar-refractivity contribution is -0.129. The minimum absolute atomic E-state index is 0.0268. The lowest BCUT2D eigenvalue weighted by atomic mass is 9.66. The quantitative estimate of drug-likeness (QED) is 0.817. The molecule has 0 N–H and O–H groups in total. The van der Waals surface area contributed by atoms with Crippen LogP contribution in [0.1, 0.15) is 44.6 Å². The maximum absolute atomic E-state index is 12.2. The van der Waals surface area contributed by atoms with Crippen molar-refractivity contribution < 1.29 is 9.53 Å². The molecule has 0 saturated heterocycles. The van der Waals surface area contributed by atoms with Gasteiger partial charge in [-0.25, -0.2) is 0 Å². The van der Waals surface area contributed by atoms with Gasteiger partial charge in [-0.05, 0) is 61.8 Å². The van der Waals surface area contributed by atoms with Crippen molar-refractivity contribution in [3.63, 3.8) is 0 Å². The molecule has 2 heteroatoms. The lowest BCUT2D eigenvalue weighted by Crippen LogP contribution is -2.36. The Labute approximate surface area is 126 Å². The highest BCUT2D eigenvalue weighted by Crippen LogP contribution is 2.70. The molecule has 4 aliphatic carbocycles. The topological polar surface area (TPSA) is 26.3 Å². The maximum Gasteiger partial charge on any atom is 0.136 e. The Kier molecular flexibility index (Phi) is 3.01. The van der Waals surface area contributed by atoms with E-state index in [-0.39, 0.29) is 5.41 Å². The molecule has 0 radical (unpaired) electrons. The molecule has 4 saturated carbocycles. The molecule has 0 spiro atoms. The number of hydrogen-bond donors (Lipinski definition) is 0. The van der Waals surface area contributed by atoms with E-state index in [1.54, 1.807) is 0 Å². The summed E-state index contributed by atoms with van der Waals surface area (Å²) in [4.78, 5) is 12.2. The minimum atomic E-state index is 0.0268. The number of rotatable bonds is 5. The van der Waals surface area contributed by atoms with Gasteiger partial charge in [-0.15, -0.1) is 0 Å². The number of carbonyl (C=O) groups excluding carboxylic acids is 1. The second-order valence-electron chi connectivity index (χ2n) is 7.78. The molecule has 4 fully saturated rings. The SMILES string of the molecule is CC(=O)C12CC3CC1CC(COCc1ccccc1)(C3)C2. The monoisotopic (exact) mass is 284 g/mol. The zero-order valence-corrected chi connectivity index (χ0v) is 12.8. The van der Waals surface area contributed by atoms with Crippen LogP contribution in [0, 0.1) is 22.7 Å². The van der Waals surface area contributed by atoms with Gasteiger partial charge >= 0.3 is 0 Å². The predicted octanol–water partition coefficient (Wildman–Crippen LogP) is 3.99. The highest BCUT2D eigenvalue weighted by molar-refractivity contribution is 5.84. The Morgan fingerprint density at radius 1 is 1.24 bits per heavy atom. The third-order valence-electron chi connectivity index (χ3n) is 6.36. The van der Waals surface area contributed by atoms with E-state index in [0.29, 0.717) is 23.7 Å². The molecule has 0 amide bonds. The van der Waals surface area contributed by atoms with Crippen LogP contribution >= 0.6 is 0 Å². The Bertz CT molecular complexity index is 552. The number of carbonyl (C=O) groups is 1. The van der Waals surface area contributed by atoms with Crippen LogP contribution in [0.5, 0.6) is 0 Å². The van der Waals surface area contributed by atoms with Crippen LogP contribution in [-0.4, -0.2) is 12.4 Å². The third kappa shape index (κ3) is 2.07. The largest absolute Gasteiger partial charge is 0.376 e. The molecule has 0 aromatic heterocycles. The summed E-state index contributed by atoms with van der Waals surface area (Å²) < 4.78 is 6.06. The summed E-state index contributed by atoms with van der Waals surface area (Å²) in [6, 6.07) is 10.4. The fourth-order valence-corrected chi connectivity index (χ4v) is 5.76. The Balaban J connectivity index is 1.44. The predicted molar refractivity (Wildman–Crippen MR) is 81.7 cm³/mol. The van der Waals surface area contributed by atoms with E-state index in [1.165, 1.54) is 24.8 Å². The summed E-state index contributed by atoms with van der Waals surface area (Å²) in [5.74, 6) is 1.87. The van der Waals surface area contributed by atoms with Crippen molar-refractivity contribution in [2.24, 2.45) is 22.7 Å². The van der Waals surface area contributed by atoms with Crippen LogP contribution in [-0.2, 0) is 16.1 Å². The number of ether oxygens (including phenoxy) is 1. The van der Waals surface area contributed by atoms with Crippen LogP contribution in [0.25, 0.3) is 0 Å². The van der Waals surface area contributed by atoms with Gasteiger partial charge in [0.25, 0.3) is 0 Å². The molecule has 0 heterocycles. The molecule has 4 bridgehead atoms. The summed E-state index contributed by atoms with van der Waals surface area (Å²) in [7, 11) is 0. The fourth-order valence-electron chi connectivity index (χ4n) is 5.76. The van der Waals surface area contributed by atoms with Crippen molar-refractivity contribution in [1.29, 1.82) is 0 Å². The van der Waals surface area contributed by atoms with E-state index in [0.717, 1.165) is 25.4 Å². The zero-order valence-electron chi connectivity index (χ0n) is 12.8. The van der Waals surface area contributed by atoms with Gasteiger partial charge in [0, 0.05) is 5.41 Å². The van der Waals surface area contributed by atoms with E-state index in [4.69, 9.17) is 4.74 Å². The van der Waals surface area contributed by atoms with E-state index < -0.39 is 0 Å². The Hall–Kier alpha value is -1.15. The Morgan fingerprint density at radius 3 is 2.76 bits per heavy atom. The summed E-state index contributed by atoms with van der Waals surface area (Å²) in [6.07, 6.45) is 6.05. The van der Waals surface area contributed by atoms with Crippen LogP contribution in [0.3, 0.4) is 0 Å². The van der Waals surface area contributed by atoms with Gasteiger partial charge in [-0.2, -0.15) is 0 Å². The van der Waals surface area contributed by atoms with Crippen molar-refractivity contribution in [2.75, 3.05) is 6.61 Å². The molecule has 0 aliphatic heterocycles. The molecule has 4 aliphatic rings. The summed E-state index contributed by atoms with van der Waals surface area (Å²) >= 11 is 0. The average molecular weight is 284 g/mol. The highest BCUT2D eigenvalue weighted by atomic mass is 16.5. The molecule has 1 aromatic carbocycles. The normalized spacial score (nSPS) is 39.9. The third-order valence-corrected chi connectivity index (χ3v) is 6.36. The van der Waals surface area contributed by atoms with Gasteiger partial charge in [0.05, 0.1) is 13.2 Å². The van der Waals surface area contributed by atoms with Gasteiger partial charge in [-0.1, -0.05) is 30.3 Å². The fraction of sp³-hybridized carbons (Fsp3) is 0.632. The molecule has 1 aromatic rings. The maximum atomic E-state index is 12.2. The van der Waals surface area contributed by atoms with Crippen molar-refractivity contribution >= 4 is 5.78 Å². The molecule has 5 rings (SSSR count). The van der Waals surface area contributed by atoms with Gasteiger partial charge in [0.15, 0.2) is 0 Å². The van der Waals surface area contributed by atoms with E-state index in [9.17, 15) is 4.79 Å². The molecule has 2 nitrogen and oxygen atoms in total. The van der Waals surface area contributed by atoms with E-state index in [1.807, 2.05) is 13.0 Å². The molecule has 4 atom stereocenters. The minimum Gasteiger partial charge on any atom is -0.376 e. The number of Topliss-reactive ketones (excluding diaryl/α,β-unsaturated/α-hetero) is 1. The second-order valence-corrected chi connectivity index (χ2v) is 7.78. The van der Waals surface area contributed by atoms with Gasteiger partial charge in [0.2, 0.25) is 0 Å². The first kappa shape index (κ1) is 13.5. The molecular formula is C19H24O2. The van der Waals surface area contributed by atoms with Crippen LogP contribution < -0.4 is 0 Å². The smallest absolute Gasteiger partial charge is 0.136 e. The number of hydrogen-bond acceptors (Lipinski definition) is 2. The first-order chi connectivity index (χ1) is 10.1. The summed E-state index contributed by atoms with van der Waals surface area (Å²) in [5, 5.41) is 0. The van der Waals surface area contributed by atoms with Crippen LogP contribution in [0.15, 0.2) is 30.3 Å². The zero-order chi connectivity index (χ0) is 14.5. The Morgan fingerprint density at radius 2 is 2.05 bits per heavy atom. The number of benzene rings is 1. The number of ketones is 1. The van der Waals surface area contributed by atoms with Gasteiger partial charge < -0.3 is 4.74 Å². The first-order valence-electron chi connectivity index (χ1n) is 8.25. The van der Waals surface area contributed by atoms with Crippen LogP contribution in [0.2, 0.25) is 0 Å². The molecule has 112 valence electrons. The van der Waals surface area contributed by atoms with Crippen molar-refractivity contribution in [3.8, 4) is 0 Å². The van der Waals surface area contributed by atoms with E-state index >= 15 is 0 Å². The van der Waals surface area contributed by atoms with Crippen molar-refractivity contribution in [3.05, 3.63) is 35.9 Å². The molecule has 21 heavy (non-hydrogen) atoms. The summed E-state index contributed by atoms with van der Waals surface area (Å²) in [5.41, 5.74) is 1.57. The van der Waals surface area contributed by atoms with Gasteiger partial charge in [0.1, 0.15) is 5.78 Å². The van der Waals surface area contributed by atoms with Crippen LogP contribution in [0.4, 0.5) is 0 Å². The first-order valence-corrected chi connectivity index (χ1v) is 8.25. The van der Waals surface area contributed by atoms with Crippen molar-refractivity contribution in [1.82, 2.24) is 0 Å². The van der Waals surface area contributed by atoms with Gasteiger partial charge in [-0.3, -0.25) is 4.79 Å². The molecular weight excluding hydrogens is 260 g/mol. The summed E-state index contributed by atoms with van der Waals surface area (Å²) in [6.45, 7) is 3.36. The standard InChI is InChI=1S/C19H24O2/c1-14(20)19-9-16-7-17(19)10-18(8-16,12-19)13-21-11-15-5-3-2-4-6-15/h2-6,16-17H,7-13H2,1H3. The lowest BCUT2D eigenvalue weighted by Gasteiger charge is -2.40. The van der Waals surface area contributed by atoms with Crippen molar-refractivity contribution in [2.45, 2.75) is 45.6 Å².